The van der Waals surface area contributed by atoms with Crippen LogP contribution in [0.2, 0.25) is 0 Å². The van der Waals surface area contributed by atoms with E-state index >= 15 is 0 Å². The molecule has 0 saturated carbocycles. The number of allylic oxidation sites excluding steroid dienone is 4. The van der Waals surface area contributed by atoms with E-state index < -0.39 is 0 Å². The minimum absolute atomic E-state index is 0.424. The molecule has 0 radical (unpaired) electrons. The van der Waals surface area contributed by atoms with Crippen LogP contribution in [-0.4, -0.2) is 0 Å². The quantitative estimate of drug-likeness (QED) is 0.593. The van der Waals surface area contributed by atoms with Crippen molar-refractivity contribution in [2.75, 3.05) is 0 Å². The molecule has 0 aliphatic heterocycles. The number of halogens is 1. The Kier molecular flexibility index (Phi) is 4.08. The number of hydrogen-bond donors (Lipinski definition) is 0. The summed E-state index contributed by atoms with van der Waals surface area (Å²) in [6.07, 6.45) is 3.44. The van der Waals surface area contributed by atoms with E-state index in [4.69, 9.17) is 5.26 Å². The van der Waals surface area contributed by atoms with Gasteiger partial charge < -0.3 is 0 Å². The lowest BCUT2D eigenvalue weighted by Crippen LogP contribution is -1.78. The van der Waals surface area contributed by atoms with Gasteiger partial charge in [0.1, 0.15) is 0 Å². The van der Waals surface area contributed by atoms with Gasteiger partial charge in [-0.15, -0.1) is 0 Å². The summed E-state index contributed by atoms with van der Waals surface area (Å²) in [5, 5.41) is 8.52. The van der Waals surface area contributed by atoms with Gasteiger partial charge in [0.25, 0.3) is 0 Å². The largest absolute Gasteiger partial charge is 0.192 e. The van der Waals surface area contributed by atoms with Gasteiger partial charge in [-0.3, -0.25) is 0 Å². The van der Waals surface area contributed by atoms with Crippen LogP contribution in [0.5, 0.6) is 0 Å². The molecule has 0 N–H and O–H groups in total. The average molecular weight is 260 g/mol. The minimum Gasteiger partial charge on any atom is -0.192 e. The summed E-state index contributed by atoms with van der Waals surface area (Å²) in [6, 6.07) is 9.78. The van der Waals surface area contributed by atoms with E-state index in [1.807, 2.05) is 30.3 Å². The second kappa shape index (κ2) is 5.33. The maximum Gasteiger partial charge on any atom is 0.0985 e. The average Bonchev–Trinajstić information content (AvgIpc) is 2.26. The Labute approximate surface area is 98.2 Å². The first-order chi connectivity index (χ1) is 7.13. The highest BCUT2D eigenvalue weighted by atomic mass is 79.9. The lowest BCUT2D eigenvalue weighted by atomic mass is 10.1. The van der Waals surface area contributed by atoms with Crippen LogP contribution in [0.1, 0.15) is 5.56 Å². The molecule has 0 bridgehead atoms. The number of nitrogens with zero attached hydrogens (tertiary/aromatic N) is 1. The molecule has 0 aliphatic rings. The third-order valence-electron chi connectivity index (χ3n) is 1.84. The van der Waals surface area contributed by atoms with Gasteiger partial charge in [-0.05, 0) is 29.3 Å². The number of benzene rings is 1. The Morgan fingerprint density at radius 2 is 1.80 bits per heavy atom. The van der Waals surface area contributed by atoms with Gasteiger partial charge in [0.2, 0.25) is 0 Å². The first-order valence-electron chi connectivity index (χ1n) is 4.35. The van der Waals surface area contributed by atoms with Gasteiger partial charge in [-0.1, -0.05) is 47.3 Å². The molecular weight excluding hydrogens is 250 g/mol. The highest BCUT2D eigenvalue weighted by Crippen LogP contribution is 2.17. The molecule has 0 aromatic heterocycles. The molecule has 0 heterocycles. The first-order valence-corrected chi connectivity index (χ1v) is 5.14. The Balaban J connectivity index is 2.79. The Morgan fingerprint density at radius 1 is 1.20 bits per heavy atom. The molecule has 0 saturated heterocycles. The van der Waals surface area contributed by atoms with Crippen LogP contribution in [0.3, 0.4) is 0 Å². The van der Waals surface area contributed by atoms with Crippen LogP contribution in [0, 0.1) is 11.3 Å². The SMILES string of the molecule is C=C(C#N)/C=C\C(=C)c1ccc(Br)cc1. The normalized spacial score (nSPS) is 9.87. The predicted molar refractivity (Wildman–Crippen MR) is 67.1 cm³/mol. The fourth-order valence-corrected chi connectivity index (χ4v) is 1.26. The van der Waals surface area contributed by atoms with Gasteiger partial charge in [0, 0.05) is 10.0 Å². The molecule has 0 aliphatic carbocycles. The van der Waals surface area contributed by atoms with E-state index in [9.17, 15) is 0 Å². The Bertz CT molecular complexity index is 446. The van der Waals surface area contributed by atoms with Crippen molar-refractivity contribution in [3.8, 4) is 6.07 Å². The van der Waals surface area contributed by atoms with Crippen LogP contribution in [0.15, 0.2) is 59.6 Å². The first kappa shape index (κ1) is 11.5. The molecule has 0 fully saturated rings. The fraction of sp³-hybridized carbons (Fsp3) is 0. The lowest BCUT2D eigenvalue weighted by Gasteiger charge is -1.99. The van der Waals surface area contributed by atoms with Gasteiger partial charge in [0.05, 0.1) is 6.07 Å². The van der Waals surface area contributed by atoms with Gasteiger partial charge in [-0.2, -0.15) is 5.26 Å². The molecule has 0 spiro atoms. The van der Waals surface area contributed by atoms with Crippen molar-refractivity contribution in [1.82, 2.24) is 0 Å². The van der Waals surface area contributed by atoms with Crippen molar-refractivity contribution < 1.29 is 0 Å². The molecular formula is C13H10BrN. The lowest BCUT2D eigenvalue weighted by molar-refractivity contribution is 1.50. The Morgan fingerprint density at radius 3 is 2.33 bits per heavy atom. The zero-order valence-electron chi connectivity index (χ0n) is 8.20. The van der Waals surface area contributed by atoms with Crippen molar-refractivity contribution in [3.63, 3.8) is 0 Å². The molecule has 0 atom stereocenters. The summed E-state index contributed by atoms with van der Waals surface area (Å²) in [5.41, 5.74) is 2.31. The molecule has 74 valence electrons. The molecule has 1 aromatic rings. The van der Waals surface area contributed by atoms with Crippen molar-refractivity contribution >= 4 is 21.5 Å². The van der Waals surface area contributed by atoms with Gasteiger partial charge >= 0.3 is 0 Å². The summed E-state index contributed by atoms with van der Waals surface area (Å²) in [5.74, 6) is 0. The van der Waals surface area contributed by atoms with E-state index in [2.05, 4.69) is 29.1 Å². The van der Waals surface area contributed by atoms with E-state index in [-0.39, 0.29) is 0 Å². The molecule has 2 heteroatoms. The standard InChI is InChI=1S/C13H10BrN/c1-10(9-15)3-4-11(2)12-5-7-13(14)8-6-12/h3-8H,1-2H2/b4-3-. The third kappa shape index (κ3) is 3.57. The number of hydrogen-bond acceptors (Lipinski definition) is 1. The summed E-state index contributed by atoms with van der Waals surface area (Å²) in [4.78, 5) is 0. The van der Waals surface area contributed by atoms with Crippen molar-refractivity contribution in [2.24, 2.45) is 0 Å². The van der Waals surface area contributed by atoms with Crippen LogP contribution < -0.4 is 0 Å². The monoisotopic (exact) mass is 259 g/mol. The van der Waals surface area contributed by atoms with Crippen LogP contribution in [-0.2, 0) is 0 Å². The van der Waals surface area contributed by atoms with Gasteiger partial charge in [0.15, 0.2) is 0 Å². The summed E-state index contributed by atoms with van der Waals surface area (Å²) in [7, 11) is 0. The van der Waals surface area contributed by atoms with E-state index in [0.717, 1.165) is 15.6 Å². The second-order valence-corrected chi connectivity index (χ2v) is 3.92. The molecule has 15 heavy (non-hydrogen) atoms. The summed E-state index contributed by atoms with van der Waals surface area (Å²) in [6.45, 7) is 7.46. The van der Waals surface area contributed by atoms with Crippen molar-refractivity contribution in [1.29, 1.82) is 5.26 Å². The predicted octanol–water partition coefficient (Wildman–Crippen LogP) is 4.10. The highest BCUT2D eigenvalue weighted by molar-refractivity contribution is 9.10. The summed E-state index contributed by atoms with van der Waals surface area (Å²) >= 11 is 3.36. The molecule has 1 rings (SSSR count). The summed E-state index contributed by atoms with van der Waals surface area (Å²) < 4.78 is 1.03. The molecule has 1 aromatic carbocycles. The zero-order valence-corrected chi connectivity index (χ0v) is 9.79. The smallest absolute Gasteiger partial charge is 0.0985 e. The van der Waals surface area contributed by atoms with Crippen molar-refractivity contribution in [2.45, 2.75) is 0 Å². The van der Waals surface area contributed by atoms with E-state index in [0.29, 0.717) is 5.57 Å². The number of nitriles is 1. The van der Waals surface area contributed by atoms with E-state index in [1.165, 1.54) is 0 Å². The third-order valence-corrected chi connectivity index (χ3v) is 2.37. The molecule has 0 amide bonds. The molecule has 0 unspecified atom stereocenters. The highest BCUT2D eigenvalue weighted by Gasteiger charge is 1.94. The zero-order chi connectivity index (χ0) is 11.3. The van der Waals surface area contributed by atoms with Crippen molar-refractivity contribution in [3.05, 3.63) is 65.2 Å². The van der Waals surface area contributed by atoms with Crippen LogP contribution >= 0.6 is 15.9 Å². The minimum atomic E-state index is 0.424. The maximum atomic E-state index is 8.52. The van der Waals surface area contributed by atoms with Gasteiger partial charge in [-0.25, -0.2) is 0 Å². The number of rotatable bonds is 3. The van der Waals surface area contributed by atoms with Crippen LogP contribution in [0.4, 0.5) is 0 Å². The van der Waals surface area contributed by atoms with E-state index in [1.54, 1.807) is 12.2 Å². The topological polar surface area (TPSA) is 23.8 Å². The second-order valence-electron chi connectivity index (χ2n) is 3.00. The Hall–Kier alpha value is -1.59. The van der Waals surface area contributed by atoms with Crippen LogP contribution in [0.25, 0.3) is 5.57 Å². The molecule has 1 nitrogen and oxygen atoms in total. The maximum absolute atomic E-state index is 8.52. The fourth-order valence-electron chi connectivity index (χ4n) is 0.999.